The largest absolute Gasteiger partial charge is 0.444 e. The van der Waals surface area contributed by atoms with E-state index in [4.69, 9.17) is 4.42 Å². The van der Waals surface area contributed by atoms with Crippen molar-refractivity contribution in [1.82, 2.24) is 10.3 Å². The van der Waals surface area contributed by atoms with Gasteiger partial charge in [-0.15, -0.1) is 0 Å². The highest BCUT2D eigenvalue weighted by Crippen LogP contribution is 2.30. The quantitative estimate of drug-likeness (QED) is 0.878. The fourth-order valence-corrected chi connectivity index (χ4v) is 2.93. The molecule has 0 amide bonds. The second kappa shape index (κ2) is 5.15. The van der Waals surface area contributed by atoms with Crippen LogP contribution in [-0.4, -0.2) is 11.0 Å². The van der Waals surface area contributed by atoms with E-state index in [0.717, 1.165) is 26.7 Å². The van der Waals surface area contributed by atoms with E-state index < -0.39 is 0 Å². The van der Waals surface area contributed by atoms with Gasteiger partial charge in [-0.3, -0.25) is 0 Å². The number of hydrogen-bond acceptors (Lipinski definition) is 3. The zero-order chi connectivity index (χ0) is 12.5. The normalized spacial score (nSPS) is 15.0. The maximum atomic E-state index is 5.53. The highest BCUT2D eigenvalue weighted by molar-refractivity contribution is 9.11. The summed E-state index contributed by atoms with van der Waals surface area (Å²) in [4.78, 5) is 4.50. The number of oxazole rings is 1. The maximum Gasteiger partial charge on any atom is 0.227 e. The Morgan fingerprint density at radius 3 is 2.89 bits per heavy atom. The highest BCUT2D eigenvalue weighted by atomic mass is 79.9. The molecule has 0 aliphatic heterocycles. The summed E-state index contributed by atoms with van der Waals surface area (Å²) in [7, 11) is 0. The SMILES string of the molecule is Brc1ccc(-c2nc(CNC3CC3)co2)c(Br)c1. The van der Waals surface area contributed by atoms with Gasteiger partial charge in [-0.1, -0.05) is 15.9 Å². The van der Waals surface area contributed by atoms with Crippen molar-refractivity contribution >= 4 is 31.9 Å². The smallest absolute Gasteiger partial charge is 0.227 e. The molecule has 94 valence electrons. The molecule has 1 fully saturated rings. The second-order valence-corrected chi connectivity index (χ2v) is 6.19. The van der Waals surface area contributed by atoms with Crippen LogP contribution in [0.1, 0.15) is 18.5 Å². The summed E-state index contributed by atoms with van der Waals surface area (Å²) in [5.41, 5.74) is 1.92. The predicted octanol–water partition coefficient (Wildman–Crippen LogP) is 4.12. The molecule has 3 nitrogen and oxygen atoms in total. The molecule has 5 heteroatoms. The molecular formula is C13H12Br2N2O. The third-order valence-corrected chi connectivity index (χ3v) is 4.01. The van der Waals surface area contributed by atoms with Crippen LogP contribution in [0.5, 0.6) is 0 Å². The van der Waals surface area contributed by atoms with E-state index in [1.807, 2.05) is 18.2 Å². The molecule has 2 aromatic rings. The van der Waals surface area contributed by atoms with Gasteiger partial charge >= 0.3 is 0 Å². The van der Waals surface area contributed by atoms with Crippen LogP contribution in [-0.2, 0) is 6.54 Å². The molecule has 1 N–H and O–H groups in total. The molecule has 1 saturated carbocycles. The number of nitrogens with zero attached hydrogens (tertiary/aromatic N) is 1. The molecule has 0 bridgehead atoms. The minimum absolute atomic E-state index is 0.655. The van der Waals surface area contributed by atoms with E-state index in [0.29, 0.717) is 11.9 Å². The Morgan fingerprint density at radius 2 is 2.17 bits per heavy atom. The summed E-state index contributed by atoms with van der Waals surface area (Å²) in [5, 5.41) is 3.42. The third-order valence-electron chi connectivity index (χ3n) is 2.86. The predicted molar refractivity (Wildman–Crippen MR) is 77.2 cm³/mol. The Kier molecular flexibility index (Phi) is 3.54. The first-order valence-corrected chi connectivity index (χ1v) is 7.44. The van der Waals surface area contributed by atoms with Crippen molar-refractivity contribution in [1.29, 1.82) is 0 Å². The Balaban J connectivity index is 1.78. The van der Waals surface area contributed by atoms with Gasteiger partial charge in [0.05, 0.1) is 11.3 Å². The third kappa shape index (κ3) is 2.84. The van der Waals surface area contributed by atoms with Crippen molar-refractivity contribution in [2.75, 3.05) is 0 Å². The fraction of sp³-hybridized carbons (Fsp3) is 0.308. The fourth-order valence-electron chi connectivity index (χ4n) is 1.71. The van der Waals surface area contributed by atoms with Crippen LogP contribution in [0.2, 0.25) is 0 Å². The van der Waals surface area contributed by atoms with Crippen LogP contribution in [0, 0.1) is 0 Å². The van der Waals surface area contributed by atoms with Gasteiger partial charge < -0.3 is 9.73 Å². The van der Waals surface area contributed by atoms with Gasteiger partial charge in [0.1, 0.15) is 6.26 Å². The van der Waals surface area contributed by atoms with Gasteiger partial charge in [-0.2, -0.15) is 0 Å². The Morgan fingerprint density at radius 1 is 1.33 bits per heavy atom. The summed E-state index contributed by atoms with van der Waals surface area (Å²) in [5.74, 6) is 0.655. The lowest BCUT2D eigenvalue weighted by molar-refractivity contribution is 0.569. The molecule has 1 aromatic carbocycles. The lowest BCUT2D eigenvalue weighted by Crippen LogP contribution is -2.15. The standard InChI is InChI=1S/C13H12Br2N2O/c14-8-1-4-11(12(15)5-8)13-17-10(7-18-13)6-16-9-2-3-9/h1,4-5,7,9,16H,2-3,6H2. The molecular weight excluding hydrogens is 360 g/mol. The zero-order valence-corrected chi connectivity index (χ0v) is 12.8. The van der Waals surface area contributed by atoms with Crippen molar-refractivity contribution in [3.8, 4) is 11.5 Å². The summed E-state index contributed by atoms with van der Waals surface area (Å²) in [6.07, 6.45) is 4.28. The molecule has 0 spiro atoms. The van der Waals surface area contributed by atoms with Crippen LogP contribution < -0.4 is 5.32 Å². The van der Waals surface area contributed by atoms with Crippen LogP contribution in [0.3, 0.4) is 0 Å². The van der Waals surface area contributed by atoms with Crippen molar-refractivity contribution < 1.29 is 4.42 Å². The van der Waals surface area contributed by atoms with E-state index in [1.54, 1.807) is 6.26 Å². The molecule has 0 radical (unpaired) electrons. The lowest BCUT2D eigenvalue weighted by Gasteiger charge is -2.00. The number of aromatic nitrogens is 1. The van der Waals surface area contributed by atoms with Crippen LogP contribution in [0.4, 0.5) is 0 Å². The van der Waals surface area contributed by atoms with Crippen LogP contribution in [0.15, 0.2) is 37.8 Å². The monoisotopic (exact) mass is 370 g/mol. The number of halogens is 2. The van der Waals surface area contributed by atoms with Crippen molar-refractivity contribution in [2.24, 2.45) is 0 Å². The minimum Gasteiger partial charge on any atom is -0.444 e. The number of rotatable bonds is 4. The molecule has 18 heavy (non-hydrogen) atoms. The molecule has 0 unspecified atom stereocenters. The van der Waals surface area contributed by atoms with E-state index in [1.165, 1.54) is 12.8 Å². The molecule has 0 saturated heterocycles. The van der Waals surface area contributed by atoms with Crippen molar-refractivity contribution in [3.05, 3.63) is 39.1 Å². The first-order valence-electron chi connectivity index (χ1n) is 5.85. The Labute approximate surface area is 122 Å². The van der Waals surface area contributed by atoms with Crippen LogP contribution in [0.25, 0.3) is 11.5 Å². The van der Waals surface area contributed by atoms with Gasteiger partial charge in [0.2, 0.25) is 5.89 Å². The second-order valence-electron chi connectivity index (χ2n) is 4.42. The summed E-state index contributed by atoms with van der Waals surface area (Å²) in [6, 6.07) is 6.64. The number of benzene rings is 1. The van der Waals surface area contributed by atoms with Gasteiger partial charge in [-0.05, 0) is 47.0 Å². The van der Waals surface area contributed by atoms with Gasteiger partial charge in [0.25, 0.3) is 0 Å². The first-order chi connectivity index (χ1) is 8.72. The molecule has 1 aliphatic carbocycles. The minimum atomic E-state index is 0.655. The summed E-state index contributed by atoms with van der Waals surface area (Å²) in [6.45, 7) is 0.780. The lowest BCUT2D eigenvalue weighted by atomic mass is 10.2. The van der Waals surface area contributed by atoms with E-state index in [9.17, 15) is 0 Å². The topological polar surface area (TPSA) is 38.1 Å². The highest BCUT2D eigenvalue weighted by Gasteiger charge is 2.20. The van der Waals surface area contributed by atoms with Crippen molar-refractivity contribution in [2.45, 2.75) is 25.4 Å². The summed E-state index contributed by atoms with van der Waals surface area (Å²) >= 11 is 6.95. The van der Waals surface area contributed by atoms with E-state index in [2.05, 4.69) is 42.2 Å². The maximum absolute atomic E-state index is 5.53. The first kappa shape index (κ1) is 12.4. The molecule has 0 atom stereocenters. The average Bonchev–Trinajstić information content (AvgIpc) is 3.05. The van der Waals surface area contributed by atoms with E-state index >= 15 is 0 Å². The average molecular weight is 372 g/mol. The van der Waals surface area contributed by atoms with Gasteiger partial charge in [-0.25, -0.2) is 4.98 Å². The number of hydrogen-bond donors (Lipinski definition) is 1. The molecule has 3 rings (SSSR count). The van der Waals surface area contributed by atoms with Crippen LogP contribution >= 0.6 is 31.9 Å². The van der Waals surface area contributed by atoms with Gasteiger partial charge in [0, 0.05) is 21.5 Å². The summed E-state index contributed by atoms with van der Waals surface area (Å²) < 4.78 is 7.53. The Bertz CT molecular complexity index is 564. The van der Waals surface area contributed by atoms with E-state index in [-0.39, 0.29) is 0 Å². The Hall–Kier alpha value is -0.650. The zero-order valence-electron chi connectivity index (χ0n) is 9.62. The van der Waals surface area contributed by atoms with Crippen molar-refractivity contribution in [3.63, 3.8) is 0 Å². The molecule has 1 heterocycles. The number of nitrogens with one attached hydrogen (secondary N) is 1. The van der Waals surface area contributed by atoms with Gasteiger partial charge in [0.15, 0.2) is 0 Å². The molecule has 1 aliphatic rings. The molecule has 1 aromatic heterocycles.